The minimum atomic E-state index is -0.410. The van der Waals surface area contributed by atoms with Gasteiger partial charge in [-0.05, 0) is 25.1 Å². The Hall–Kier alpha value is -3.13. The molecule has 0 radical (unpaired) electrons. The van der Waals surface area contributed by atoms with Gasteiger partial charge in [0.15, 0.2) is 5.84 Å². The molecule has 0 saturated carbocycles. The van der Waals surface area contributed by atoms with Gasteiger partial charge in [0.25, 0.3) is 5.91 Å². The topological polar surface area (TPSA) is 78.0 Å². The van der Waals surface area contributed by atoms with Crippen molar-refractivity contribution in [2.24, 2.45) is 5.10 Å². The van der Waals surface area contributed by atoms with Gasteiger partial charge in [-0.15, -0.1) is 0 Å². The van der Waals surface area contributed by atoms with E-state index in [2.05, 4.69) is 21.2 Å². The SMILES string of the molecule is C[C@@H]1C(=O)NN=C2COc3cc(-c4ccccc4F)c(NC4CNC4)cc3N21. The Balaban J connectivity index is 1.65. The van der Waals surface area contributed by atoms with E-state index in [-0.39, 0.29) is 24.4 Å². The Morgan fingerprint density at radius 3 is 2.82 bits per heavy atom. The van der Waals surface area contributed by atoms with E-state index >= 15 is 0 Å². The molecule has 2 aromatic rings. The van der Waals surface area contributed by atoms with E-state index in [1.807, 2.05) is 30.0 Å². The number of hydrogen-bond donors (Lipinski definition) is 3. The van der Waals surface area contributed by atoms with Crippen LogP contribution in [-0.2, 0) is 4.79 Å². The highest BCUT2D eigenvalue weighted by molar-refractivity contribution is 6.10. The Bertz CT molecular complexity index is 989. The molecular formula is C20H20FN5O2. The highest BCUT2D eigenvalue weighted by atomic mass is 19.1. The maximum Gasteiger partial charge on any atom is 0.262 e. The second-order valence-electron chi connectivity index (χ2n) is 7.18. The molecule has 7 nitrogen and oxygen atoms in total. The highest BCUT2D eigenvalue weighted by Crippen LogP contribution is 2.43. The minimum absolute atomic E-state index is 0.174. The lowest BCUT2D eigenvalue weighted by Crippen LogP contribution is -2.55. The lowest BCUT2D eigenvalue weighted by molar-refractivity contribution is -0.122. The van der Waals surface area contributed by atoms with Crippen molar-refractivity contribution < 1.29 is 13.9 Å². The van der Waals surface area contributed by atoms with Crippen molar-refractivity contribution in [3.63, 3.8) is 0 Å². The quantitative estimate of drug-likeness (QED) is 0.757. The summed E-state index contributed by atoms with van der Waals surface area (Å²) in [7, 11) is 0. The largest absolute Gasteiger partial charge is 0.483 e. The first-order chi connectivity index (χ1) is 13.6. The monoisotopic (exact) mass is 381 g/mol. The van der Waals surface area contributed by atoms with Crippen molar-refractivity contribution in [1.82, 2.24) is 10.7 Å². The molecule has 28 heavy (non-hydrogen) atoms. The summed E-state index contributed by atoms with van der Waals surface area (Å²) >= 11 is 0. The third kappa shape index (κ3) is 2.68. The zero-order valence-electron chi connectivity index (χ0n) is 15.3. The van der Waals surface area contributed by atoms with Crippen molar-refractivity contribution in [3.05, 3.63) is 42.2 Å². The summed E-state index contributed by atoms with van der Waals surface area (Å²) in [6, 6.07) is 10.3. The molecule has 0 aromatic heterocycles. The molecule has 0 aliphatic carbocycles. The molecule has 5 rings (SSSR count). The molecular weight excluding hydrogens is 361 g/mol. The number of carbonyl (C=O) groups is 1. The van der Waals surface area contributed by atoms with Crippen molar-refractivity contribution >= 4 is 23.1 Å². The summed E-state index contributed by atoms with van der Waals surface area (Å²) in [6.07, 6.45) is 0. The molecule has 1 fully saturated rings. The molecule has 3 aliphatic rings. The number of ether oxygens (including phenoxy) is 1. The van der Waals surface area contributed by atoms with Crippen LogP contribution in [0.1, 0.15) is 6.92 Å². The summed E-state index contributed by atoms with van der Waals surface area (Å²) in [5, 5.41) is 10.8. The molecule has 0 spiro atoms. The number of anilines is 2. The average Bonchev–Trinajstić information content (AvgIpc) is 2.67. The van der Waals surface area contributed by atoms with Crippen LogP contribution in [0.3, 0.4) is 0 Å². The van der Waals surface area contributed by atoms with Crippen LogP contribution in [0.15, 0.2) is 41.5 Å². The van der Waals surface area contributed by atoms with Crippen molar-refractivity contribution in [2.75, 3.05) is 29.9 Å². The summed E-state index contributed by atoms with van der Waals surface area (Å²) in [5.74, 6) is 0.791. The maximum atomic E-state index is 14.5. The fraction of sp³-hybridized carbons (Fsp3) is 0.300. The van der Waals surface area contributed by atoms with E-state index in [1.165, 1.54) is 6.07 Å². The molecule has 0 unspecified atom stereocenters. The summed E-state index contributed by atoms with van der Waals surface area (Å²) in [6.45, 7) is 3.76. The molecule has 1 amide bonds. The number of nitrogens with one attached hydrogen (secondary N) is 3. The molecule has 0 bridgehead atoms. The lowest BCUT2D eigenvalue weighted by Gasteiger charge is -2.39. The number of amides is 1. The molecule has 1 atom stereocenters. The van der Waals surface area contributed by atoms with Gasteiger partial charge in [0.2, 0.25) is 0 Å². The van der Waals surface area contributed by atoms with E-state index < -0.39 is 6.04 Å². The van der Waals surface area contributed by atoms with E-state index in [0.29, 0.717) is 17.1 Å². The molecule has 3 N–H and O–H groups in total. The number of hydrazone groups is 1. The van der Waals surface area contributed by atoms with Crippen LogP contribution in [0.5, 0.6) is 5.75 Å². The van der Waals surface area contributed by atoms with Crippen LogP contribution in [0, 0.1) is 5.82 Å². The van der Waals surface area contributed by atoms with E-state index in [4.69, 9.17) is 4.74 Å². The number of hydrogen-bond acceptors (Lipinski definition) is 6. The maximum absolute atomic E-state index is 14.5. The smallest absolute Gasteiger partial charge is 0.262 e. The molecule has 3 aliphatic heterocycles. The number of nitrogens with zero attached hydrogens (tertiary/aromatic N) is 2. The van der Waals surface area contributed by atoms with E-state index in [1.54, 1.807) is 12.1 Å². The van der Waals surface area contributed by atoms with Crippen molar-refractivity contribution in [1.29, 1.82) is 0 Å². The number of carbonyl (C=O) groups excluding carboxylic acids is 1. The van der Waals surface area contributed by atoms with Crippen molar-refractivity contribution in [2.45, 2.75) is 19.0 Å². The molecule has 3 heterocycles. The second-order valence-corrected chi connectivity index (χ2v) is 7.18. The van der Waals surface area contributed by atoms with Crippen LogP contribution in [0.2, 0.25) is 0 Å². The fourth-order valence-corrected chi connectivity index (χ4v) is 3.70. The molecule has 2 aromatic carbocycles. The Morgan fingerprint density at radius 2 is 2.07 bits per heavy atom. The molecule has 144 valence electrons. The number of benzene rings is 2. The zero-order chi connectivity index (χ0) is 19.3. The van der Waals surface area contributed by atoms with Crippen LogP contribution >= 0.6 is 0 Å². The van der Waals surface area contributed by atoms with Gasteiger partial charge >= 0.3 is 0 Å². The summed E-state index contributed by atoms with van der Waals surface area (Å²) < 4.78 is 20.4. The Morgan fingerprint density at radius 1 is 1.25 bits per heavy atom. The lowest BCUT2D eigenvalue weighted by atomic mass is 9.99. The first-order valence-corrected chi connectivity index (χ1v) is 9.30. The Labute approximate surface area is 161 Å². The standard InChI is InChI=1S/C20H20FN5O2/c1-11-20(27)25-24-19-10-28-18-6-14(13-4-2-3-5-15(13)21)16(7-17(18)26(11)19)23-12-8-22-9-12/h2-7,11-12,22-23H,8-10H2,1H3,(H,25,27)/t11-/m1/s1. The van der Waals surface area contributed by atoms with E-state index in [0.717, 1.165) is 30.0 Å². The highest BCUT2D eigenvalue weighted by Gasteiger charge is 2.36. The summed E-state index contributed by atoms with van der Waals surface area (Å²) in [4.78, 5) is 14.0. The van der Waals surface area contributed by atoms with Gasteiger partial charge < -0.3 is 20.3 Å². The van der Waals surface area contributed by atoms with Gasteiger partial charge in [0.1, 0.15) is 24.2 Å². The van der Waals surface area contributed by atoms with Crippen molar-refractivity contribution in [3.8, 4) is 16.9 Å². The van der Waals surface area contributed by atoms with E-state index in [9.17, 15) is 9.18 Å². The van der Waals surface area contributed by atoms with Crippen LogP contribution < -0.4 is 25.7 Å². The normalized spacial score (nSPS) is 20.9. The first-order valence-electron chi connectivity index (χ1n) is 9.30. The van der Waals surface area contributed by atoms with Gasteiger partial charge in [0.05, 0.1) is 11.7 Å². The van der Waals surface area contributed by atoms with Crippen LogP contribution in [-0.4, -0.2) is 43.5 Å². The van der Waals surface area contributed by atoms with Gasteiger partial charge in [-0.3, -0.25) is 4.79 Å². The zero-order valence-corrected chi connectivity index (χ0v) is 15.3. The molecule has 8 heteroatoms. The van der Waals surface area contributed by atoms with Gasteiger partial charge in [-0.25, -0.2) is 9.82 Å². The predicted molar refractivity (Wildman–Crippen MR) is 105 cm³/mol. The Kier molecular flexibility index (Phi) is 3.94. The van der Waals surface area contributed by atoms with Crippen LogP contribution in [0.4, 0.5) is 15.8 Å². The van der Waals surface area contributed by atoms with Gasteiger partial charge in [-0.2, -0.15) is 5.10 Å². The van der Waals surface area contributed by atoms with Crippen LogP contribution in [0.25, 0.3) is 11.1 Å². The summed E-state index contributed by atoms with van der Waals surface area (Å²) in [5.41, 5.74) is 5.32. The second kappa shape index (κ2) is 6.49. The third-order valence-electron chi connectivity index (χ3n) is 5.36. The fourth-order valence-electron chi connectivity index (χ4n) is 3.70. The third-order valence-corrected chi connectivity index (χ3v) is 5.36. The number of amidine groups is 1. The average molecular weight is 381 g/mol. The first kappa shape index (κ1) is 17.0. The minimum Gasteiger partial charge on any atom is -0.483 e. The van der Waals surface area contributed by atoms with Gasteiger partial charge in [0, 0.05) is 29.9 Å². The number of rotatable bonds is 3. The number of halogens is 1. The molecule has 1 saturated heterocycles. The predicted octanol–water partition coefficient (Wildman–Crippen LogP) is 1.91. The number of fused-ring (bicyclic) bond motifs is 3. The van der Waals surface area contributed by atoms with Gasteiger partial charge in [-0.1, -0.05) is 18.2 Å².